The van der Waals surface area contributed by atoms with Crippen molar-refractivity contribution in [1.82, 2.24) is 0 Å². The molecule has 1 rings (SSSR count). The highest BCUT2D eigenvalue weighted by Crippen LogP contribution is 2.36. The number of hydrogen-bond acceptors (Lipinski definition) is 4. The molecule has 0 amide bonds. The third kappa shape index (κ3) is 2.34. The number of rotatable bonds is 2. The van der Waals surface area contributed by atoms with Gasteiger partial charge in [-0.05, 0) is 6.07 Å². The van der Waals surface area contributed by atoms with Crippen LogP contribution < -0.4 is 5.48 Å². The molecule has 0 radical (unpaired) electrons. The number of hydrogen-bond donors (Lipinski definition) is 2. The summed E-state index contributed by atoms with van der Waals surface area (Å²) < 4.78 is 36.9. The van der Waals surface area contributed by atoms with Gasteiger partial charge in [0.25, 0.3) is 5.69 Å². The Balaban J connectivity index is 3.32. The van der Waals surface area contributed by atoms with Crippen molar-refractivity contribution in [3.63, 3.8) is 0 Å². The maximum absolute atomic E-state index is 12.3. The molecule has 0 aliphatic heterocycles. The van der Waals surface area contributed by atoms with Crippen LogP contribution in [-0.2, 0) is 6.18 Å². The Kier molecular flexibility index (Phi) is 2.80. The number of anilines is 1. The number of benzene rings is 1. The summed E-state index contributed by atoms with van der Waals surface area (Å²) in [6.45, 7) is 0. The monoisotopic (exact) mass is 222 g/mol. The van der Waals surface area contributed by atoms with Crippen molar-refractivity contribution in [2.75, 3.05) is 5.48 Å². The number of nitro benzene ring substituents is 1. The molecule has 0 bridgehead atoms. The second kappa shape index (κ2) is 3.73. The second-order valence-corrected chi connectivity index (χ2v) is 2.60. The van der Waals surface area contributed by atoms with Gasteiger partial charge in [0.15, 0.2) is 0 Å². The highest BCUT2D eigenvalue weighted by atomic mass is 19.4. The van der Waals surface area contributed by atoms with Crippen LogP contribution in [0.1, 0.15) is 5.56 Å². The molecule has 1 aromatic rings. The summed E-state index contributed by atoms with van der Waals surface area (Å²) >= 11 is 0. The average Bonchev–Trinajstić information content (AvgIpc) is 2.15. The van der Waals surface area contributed by atoms with E-state index in [0.29, 0.717) is 6.07 Å². The van der Waals surface area contributed by atoms with Gasteiger partial charge in [-0.2, -0.15) is 13.2 Å². The molecule has 1 aromatic carbocycles. The fraction of sp³-hybridized carbons (Fsp3) is 0.143. The predicted molar refractivity (Wildman–Crippen MR) is 43.5 cm³/mol. The maximum atomic E-state index is 12.3. The molecular formula is C7H5F3N2O3. The molecule has 0 fully saturated rings. The molecule has 0 aromatic heterocycles. The van der Waals surface area contributed by atoms with Crippen LogP contribution >= 0.6 is 0 Å². The van der Waals surface area contributed by atoms with E-state index in [1.165, 1.54) is 5.48 Å². The lowest BCUT2D eigenvalue weighted by Gasteiger charge is -2.10. The highest BCUT2D eigenvalue weighted by molar-refractivity contribution is 5.55. The number of halogens is 3. The molecule has 15 heavy (non-hydrogen) atoms. The number of non-ortho nitro benzene ring substituents is 1. The van der Waals surface area contributed by atoms with Gasteiger partial charge in [0.05, 0.1) is 16.2 Å². The molecular weight excluding hydrogens is 217 g/mol. The first-order chi connectivity index (χ1) is 6.86. The Bertz CT molecular complexity index is 392. The lowest BCUT2D eigenvalue weighted by atomic mass is 10.1. The van der Waals surface area contributed by atoms with Crippen molar-refractivity contribution in [3.05, 3.63) is 33.9 Å². The van der Waals surface area contributed by atoms with Gasteiger partial charge < -0.3 is 0 Å². The van der Waals surface area contributed by atoms with Crippen LogP contribution in [0.25, 0.3) is 0 Å². The Hall–Kier alpha value is -1.83. The van der Waals surface area contributed by atoms with E-state index in [1.54, 1.807) is 0 Å². The molecule has 0 aliphatic rings. The Labute approximate surface area is 81.2 Å². The number of nitro groups is 1. The van der Waals surface area contributed by atoms with Gasteiger partial charge >= 0.3 is 6.18 Å². The van der Waals surface area contributed by atoms with Crippen molar-refractivity contribution < 1.29 is 23.3 Å². The fourth-order valence-corrected chi connectivity index (χ4v) is 0.978. The number of nitrogens with one attached hydrogen (secondary N) is 1. The standard InChI is InChI=1S/C7H5F3N2O3/c8-7(9,10)5-3-4(12(14)15)1-2-6(5)11-13/h1-3,11,13H. The molecule has 8 heteroatoms. The van der Waals surface area contributed by atoms with Crippen molar-refractivity contribution >= 4 is 11.4 Å². The van der Waals surface area contributed by atoms with E-state index in [1.807, 2.05) is 0 Å². The van der Waals surface area contributed by atoms with Gasteiger partial charge in [-0.15, -0.1) is 0 Å². The Morgan fingerprint density at radius 1 is 1.40 bits per heavy atom. The van der Waals surface area contributed by atoms with Gasteiger partial charge in [-0.25, -0.2) is 0 Å². The first-order valence-corrected chi connectivity index (χ1v) is 3.62. The number of nitrogens with zero attached hydrogens (tertiary/aromatic N) is 1. The van der Waals surface area contributed by atoms with Crippen LogP contribution in [0.4, 0.5) is 24.5 Å². The fourth-order valence-electron chi connectivity index (χ4n) is 0.978. The van der Waals surface area contributed by atoms with Gasteiger partial charge in [0.1, 0.15) is 0 Å². The third-order valence-electron chi connectivity index (χ3n) is 1.64. The second-order valence-electron chi connectivity index (χ2n) is 2.60. The van der Waals surface area contributed by atoms with Gasteiger partial charge in [0, 0.05) is 12.1 Å². The number of alkyl halides is 3. The molecule has 2 N–H and O–H groups in total. The van der Waals surface area contributed by atoms with Crippen molar-refractivity contribution in [3.8, 4) is 0 Å². The van der Waals surface area contributed by atoms with E-state index in [0.717, 1.165) is 12.1 Å². The molecule has 0 aliphatic carbocycles. The summed E-state index contributed by atoms with van der Waals surface area (Å²) in [6, 6.07) is 1.98. The van der Waals surface area contributed by atoms with Crippen LogP contribution in [0.15, 0.2) is 18.2 Å². The summed E-state index contributed by atoms with van der Waals surface area (Å²) in [5.74, 6) is 0. The summed E-state index contributed by atoms with van der Waals surface area (Å²) in [7, 11) is 0. The minimum Gasteiger partial charge on any atom is -0.291 e. The first kappa shape index (κ1) is 11.2. The minimum absolute atomic E-state index is 0.346. The van der Waals surface area contributed by atoms with Crippen molar-refractivity contribution in [2.24, 2.45) is 0 Å². The zero-order valence-electron chi connectivity index (χ0n) is 7.08. The van der Waals surface area contributed by atoms with Crippen molar-refractivity contribution in [2.45, 2.75) is 6.18 Å². The molecule has 5 nitrogen and oxygen atoms in total. The largest absolute Gasteiger partial charge is 0.418 e. The highest BCUT2D eigenvalue weighted by Gasteiger charge is 2.35. The van der Waals surface area contributed by atoms with Crippen LogP contribution in [0.5, 0.6) is 0 Å². The normalized spacial score (nSPS) is 11.2. The summed E-state index contributed by atoms with van der Waals surface area (Å²) in [6.07, 6.45) is -4.77. The Morgan fingerprint density at radius 2 is 2.00 bits per heavy atom. The molecule has 0 saturated heterocycles. The molecule has 0 unspecified atom stereocenters. The van der Waals surface area contributed by atoms with Gasteiger partial charge in [0.2, 0.25) is 0 Å². The van der Waals surface area contributed by atoms with Crippen LogP contribution in [0.3, 0.4) is 0 Å². The lowest BCUT2D eigenvalue weighted by molar-refractivity contribution is -0.385. The van der Waals surface area contributed by atoms with E-state index >= 15 is 0 Å². The van der Waals surface area contributed by atoms with Crippen LogP contribution in [0.2, 0.25) is 0 Å². The van der Waals surface area contributed by atoms with Gasteiger partial charge in [-0.3, -0.25) is 20.8 Å². The molecule has 0 atom stereocenters. The zero-order valence-corrected chi connectivity index (χ0v) is 7.08. The molecule has 0 heterocycles. The predicted octanol–water partition coefficient (Wildman–Crippen LogP) is 2.41. The van der Waals surface area contributed by atoms with E-state index in [9.17, 15) is 23.3 Å². The summed E-state index contributed by atoms with van der Waals surface area (Å²) in [5.41, 5.74) is -1.29. The topological polar surface area (TPSA) is 75.4 Å². The van der Waals surface area contributed by atoms with Crippen LogP contribution in [0, 0.1) is 10.1 Å². The minimum atomic E-state index is -4.77. The molecule has 82 valence electrons. The summed E-state index contributed by atoms with van der Waals surface area (Å²) in [4.78, 5) is 9.29. The van der Waals surface area contributed by atoms with E-state index in [4.69, 9.17) is 5.21 Å². The average molecular weight is 222 g/mol. The lowest BCUT2D eigenvalue weighted by Crippen LogP contribution is -2.09. The smallest absolute Gasteiger partial charge is 0.291 e. The van der Waals surface area contributed by atoms with E-state index in [2.05, 4.69) is 0 Å². The molecule has 0 spiro atoms. The first-order valence-electron chi connectivity index (χ1n) is 3.62. The quantitative estimate of drug-likeness (QED) is 0.595. The van der Waals surface area contributed by atoms with Gasteiger partial charge in [-0.1, -0.05) is 0 Å². The molecule has 0 saturated carbocycles. The zero-order chi connectivity index (χ0) is 11.6. The Morgan fingerprint density at radius 3 is 2.40 bits per heavy atom. The summed E-state index contributed by atoms with van der Waals surface area (Å²) in [5, 5.41) is 18.6. The third-order valence-corrected chi connectivity index (χ3v) is 1.64. The van der Waals surface area contributed by atoms with E-state index < -0.39 is 28.0 Å². The SMILES string of the molecule is O=[N+]([O-])c1ccc(NO)c(C(F)(F)F)c1. The van der Waals surface area contributed by atoms with E-state index in [-0.39, 0.29) is 0 Å². The van der Waals surface area contributed by atoms with Crippen LogP contribution in [-0.4, -0.2) is 10.1 Å². The van der Waals surface area contributed by atoms with Crippen molar-refractivity contribution in [1.29, 1.82) is 0 Å². The maximum Gasteiger partial charge on any atom is 0.418 e.